The van der Waals surface area contributed by atoms with Crippen LogP contribution in [0.4, 0.5) is 31.1 Å². The lowest BCUT2D eigenvalue weighted by Gasteiger charge is -2.22. The van der Waals surface area contributed by atoms with Crippen LogP contribution in [0.1, 0.15) is 65.2 Å². The smallest absolute Gasteiger partial charge is 0.431 e. The highest BCUT2D eigenvalue weighted by atomic mass is 19.4. The molecule has 0 saturated carbocycles. The van der Waals surface area contributed by atoms with E-state index in [1.807, 2.05) is 0 Å². The Morgan fingerprint density at radius 3 is 1.38 bits per heavy atom. The van der Waals surface area contributed by atoms with Gasteiger partial charge >= 0.3 is 18.5 Å². The van der Waals surface area contributed by atoms with Crippen LogP contribution < -0.4 is 0 Å². The van der Waals surface area contributed by atoms with Crippen molar-refractivity contribution >= 4 is 6.16 Å². The molecular formula is C15H24F6O3. The van der Waals surface area contributed by atoms with Crippen molar-refractivity contribution in [3.63, 3.8) is 0 Å². The van der Waals surface area contributed by atoms with Crippen LogP contribution >= 0.6 is 0 Å². The van der Waals surface area contributed by atoms with Crippen molar-refractivity contribution in [2.45, 2.75) is 89.8 Å². The van der Waals surface area contributed by atoms with Gasteiger partial charge in [0.05, 0.1) is 12.8 Å². The molecule has 0 amide bonds. The molecular weight excluding hydrogens is 342 g/mol. The van der Waals surface area contributed by atoms with Crippen molar-refractivity contribution in [1.29, 1.82) is 0 Å². The fourth-order valence-corrected chi connectivity index (χ4v) is 2.09. The third-order valence-corrected chi connectivity index (χ3v) is 3.20. The Hall–Kier alpha value is -1.15. The van der Waals surface area contributed by atoms with Crippen LogP contribution in [-0.4, -0.2) is 30.7 Å². The quantitative estimate of drug-likeness (QED) is 0.343. The molecule has 2 atom stereocenters. The fourth-order valence-electron chi connectivity index (χ4n) is 2.09. The second-order valence-corrected chi connectivity index (χ2v) is 5.65. The van der Waals surface area contributed by atoms with Gasteiger partial charge in [-0.25, -0.2) is 4.79 Å². The zero-order valence-corrected chi connectivity index (χ0v) is 13.8. The number of unbranched alkanes of at least 4 members (excludes halogenated alkanes) is 2. The summed E-state index contributed by atoms with van der Waals surface area (Å²) in [6.45, 7) is 3.51. The van der Waals surface area contributed by atoms with Crippen molar-refractivity contribution in [1.82, 2.24) is 0 Å². The predicted molar refractivity (Wildman–Crippen MR) is 75.5 cm³/mol. The molecule has 9 heteroatoms. The minimum atomic E-state index is -4.54. The topological polar surface area (TPSA) is 35.5 Å². The molecule has 3 nitrogen and oxygen atoms in total. The first-order valence-corrected chi connectivity index (χ1v) is 7.97. The third-order valence-electron chi connectivity index (χ3n) is 3.20. The van der Waals surface area contributed by atoms with Gasteiger partial charge in [0, 0.05) is 0 Å². The van der Waals surface area contributed by atoms with E-state index in [1.54, 1.807) is 13.8 Å². The Labute approximate surface area is 137 Å². The molecule has 0 aromatic heterocycles. The predicted octanol–water partition coefficient (Wildman–Crippen LogP) is 6.16. The molecule has 0 rings (SSSR count). The van der Waals surface area contributed by atoms with Gasteiger partial charge in [-0.3, -0.25) is 0 Å². The lowest BCUT2D eigenvalue weighted by molar-refractivity contribution is -0.165. The Bertz CT molecular complexity index is 322. The molecule has 0 radical (unpaired) electrons. The highest BCUT2D eigenvalue weighted by Crippen LogP contribution is 2.28. The summed E-state index contributed by atoms with van der Waals surface area (Å²) < 4.78 is 83.9. The van der Waals surface area contributed by atoms with Crippen molar-refractivity contribution in [3.05, 3.63) is 0 Å². The average molecular weight is 366 g/mol. The van der Waals surface area contributed by atoms with E-state index in [1.165, 1.54) is 0 Å². The molecule has 0 saturated heterocycles. The van der Waals surface area contributed by atoms with Gasteiger partial charge in [-0.2, -0.15) is 26.3 Å². The number of alkyl halides is 6. The van der Waals surface area contributed by atoms with Crippen molar-refractivity contribution in [3.8, 4) is 0 Å². The summed E-state index contributed by atoms with van der Waals surface area (Å²) in [7, 11) is 0. The number of halogens is 6. The Morgan fingerprint density at radius 2 is 1.12 bits per heavy atom. The standard InChI is InChI=1S/C15H24F6O3/c1-3-5-7-11(9-14(16,17)18)23-13(22)24-12(8-6-4-2)10-15(19,20)21/h11-12H,3-10H2,1-2H3. The minimum Gasteiger partial charge on any atom is -0.431 e. The van der Waals surface area contributed by atoms with Crippen LogP contribution in [0.15, 0.2) is 0 Å². The van der Waals surface area contributed by atoms with Crippen LogP contribution in [0.2, 0.25) is 0 Å². The number of ether oxygens (including phenoxy) is 2. The molecule has 2 unspecified atom stereocenters. The number of hydrogen-bond donors (Lipinski definition) is 0. The van der Waals surface area contributed by atoms with Crippen LogP contribution in [-0.2, 0) is 9.47 Å². The van der Waals surface area contributed by atoms with Gasteiger partial charge in [-0.15, -0.1) is 0 Å². The van der Waals surface area contributed by atoms with Crippen LogP contribution in [0.5, 0.6) is 0 Å². The van der Waals surface area contributed by atoms with Gasteiger partial charge in [0.25, 0.3) is 0 Å². The van der Waals surface area contributed by atoms with E-state index >= 15 is 0 Å². The van der Waals surface area contributed by atoms with E-state index in [-0.39, 0.29) is 12.8 Å². The third kappa shape index (κ3) is 13.3. The summed E-state index contributed by atoms with van der Waals surface area (Å²) >= 11 is 0. The summed E-state index contributed by atoms with van der Waals surface area (Å²) in [5.41, 5.74) is 0. The molecule has 0 aromatic rings. The average Bonchev–Trinajstić information content (AvgIpc) is 2.38. The first-order chi connectivity index (χ1) is 11.0. The SMILES string of the molecule is CCCCC(CC(F)(F)F)OC(=O)OC(CCCC)CC(F)(F)F. The van der Waals surface area contributed by atoms with Crippen molar-refractivity contribution in [2.75, 3.05) is 0 Å². The monoisotopic (exact) mass is 366 g/mol. The first-order valence-electron chi connectivity index (χ1n) is 7.97. The maximum absolute atomic E-state index is 12.5. The van der Waals surface area contributed by atoms with Gasteiger partial charge < -0.3 is 9.47 Å². The molecule has 0 aromatic carbocycles. The Kier molecular flexibility index (Phi) is 10.1. The Balaban J connectivity index is 4.67. The normalized spacial score (nSPS) is 15.0. The summed E-state index contributed by atoms with van der Waals surface area (Å²) in [6.07, 6.45) is -14.2. The summed E-state index contributed by atoms with van der Waals surface area (Å²) in [5.74, 6) is 0. The van der Waals surface area contributed by atoms with E-state index in [0.717, 1.165) is 0 Å². The van der Waals surface area contributed by atoms with Gasteiger partial charge in [-0.1, -0.05) is 39.5 Å². The molecule has 144 valence electrons. The van der Waals surface area contributed by atoms with Crippen molar-refractivity contribution < 1.29 is 40.6 Å². The molecule has 0 aliphatic carbocycles. The summed E-state index contributed by atoms with van der Waals surface area (Å²) in [4.78, 5) is 11.6. The fraction of sp³-hybridized carbons (Fsp3) is 0.933. The maximum atomic E-state index is 12.5. The summed E-state index contributed by atoms with van der Waals surface area (Å²) in [5, 5.41) is 0. The number of rotatable bonds is 10. The highest BCUT2D eigenvalue weighted by Gasteiger charge is 2.36. The van der Waals surface area contributed by atoms with E-state index in [4.69, 9.17) is 0 Å². The zero-order chi connectivity index (χ0) is 18.8. The van der Waals surface area contributed by atoms with E-state index in [2.05, 4.69) is 9.47 Å². The second-order valence-electron chi connectivity index (χ2n) is 5.65. The molecule has 0 aliphatic heterocycles. The Morgan fingerprint density at radius 1 is 0.792 bits per heavy atom. The number of hydrogen-bond acceptors (Lipinski definition) is 3. The molecule has 0 bridgehead atoms. The van der Waals surface area contributed by atoms with E-state index < -0.39 is 43.6 Å². The highest BCUT2D eigenvalue weighted by molar-refractivity contribution is 5.60. The van der Waals surface area contributed by atoms with Gasteiger partial charge in [0.15, 0.2) is 0 Å². The zero-order valence-electron chi connectivity index (χ0n) is 13.8. The van der Waals surface area contributed by atoms with E-state index in [0.29, 0.717) is 25.7 Å². The van der Waals surface area contributed by atoms with Crippen LogP contribution in [0.3, 0.4) is 0 Å². The lowest BCUT2D eigenvalue weighted by Crippen LogP contribution is -2.30. The molecule has 0 spiro atoms. The van der Waals surface area contributed by atoms with Gasteiger partial charge in [0.1, 0.15) is 12.2 Å². The summed E-state index contributed by atoms with van der Waals surface area (Å²) in [6, 6.07) is 0. The molecule has 0 aliphatic rings. The second kappa shape index (κ2) is 10.7. The van der Waals surface area contributed by atoms with Crippen molar-refractivity contribution in [2.24, 2.45) is 0 Å². The number of carbonyl (C=O) groups is 1. The molecule has 0 heterocycles. The molecule has 24 heavy (non-hydrogen) atoms. The van der Waals surface area contributed by atoms with E-state index in [9.17, 15) is 31.1 Å². The van der Waals surface area contributed by atoms with Gasteiger partial charge in [0.2, 0.25) is 0 Å². The lowest BCUT2D eigenvalue weighted by atomic mass is 10.1. The van der Waals surface area contributed by atoms with Gasteiger partial charge in [-0.05, 0) is 12.8 Å². The first kappa shape index (κ1) is 22.9. The minimum absolute atomic E-state index is 0.0238. The number of carbonyl (C=O) groups excluding carboxylic acids is 1. The van der Waals surface area contributed by atoms with Crippen LogP contribution in [0, 0.1) is 0 Å². The molecule has 0 fully saturated rings. The van der Waals surface area contributed by atoms with Crippen LogP contribution in [0.25, 0.3) is 0 Å². The largest absolute Gasteiger partial charge is 0.508 e. The molecule has 0 N–H and O–H groups in total. The maximum Gasteiger partial charge on any atom is 0.508 e.